The number of benzene rings is 6. The molecule has 6 N–H and O–H groups in total. The van der Waals surface area contributed by atoms with Crippen LogP contribution in [0.3, 0.4) is 0 Å². The molecule has 1 aliphatic heterocycles. The van der Waals surface area contributed by atoms with Crippen LogP contribution in [0.25, 0.3) is 0 Å². The van der Waals surface area contributed by atoms with E-state index in [9.17, 15) is 37.8 Å². The average Bonchev–Trinajstić information content (AvgIpc) is 3.97. The van der Waals surface area contributed by atoms with Crippen LogP contribution < -0.4 is 50.5 Å². The highest BCUT2D eigenvalue weighted by atomic mass is 19.1. The minimum Gasteiger partial charge on any atom is -0.497 e. The molecule has 1 heterocycles. The van der Waals surface area contributed by atoms with Gasteiger partial charge in [-0.25, -0.2) is 13.2 Å². The lowest BCUT2D eigenvalue weighted by atomic mass is 10.1. The Bertz CT molecular complexity index is 2600. The third kappa shape index (κ3) is 18.2. The molecule has 70 heavy (non-hydrogen) atoms. The zero-order valence-corrected chi connectivity index (χ0v) is 39.4. The summed E-state index contributed by atoms with van der Waals surface area (Å²) in [5.41, 5.74) is 14.2. The lowest BCUT2D eigenvalue weighted by Crippen LogP contribution is -2.04. The predicted octanol–water partition coefficient (Wildman–Crippen LogP) is 10.2. The molecule has 6 aromatic carbocycles. The first-order valence-electron chi connectivity index (χ1n) is 21.1. The van der Waals surface area contributed by atoms with Crippen LogP contribution in [0.1, 0.15) is 29.5 Å². The summed E-state index contributed by atoms with van der Waals surface area (Å²) in [6.45, 7) is 3.20. The quantitative estimate of drug-likeness (QED) is 0.0325. The van der Waals surface area contributed by atoms with Crippen molar-refractivity contribution in [3.63, 3.8) is 0 Å². The SMILES string of the molecule is C1CCOC1.COc1ccc(CN)c(OC)c1.COc1ccc(CNc2cc(F)ccc2N)c(OC)c1.COc1ccc(CNc2cc(F)ccc2[N+](=O)[O-])c(OC)c1.O=[N+]([O-])c1ccc(F)cc1F. The van der Waals surface area contributed by atoms with Crippen molar-refractivity contribution >= 4 is 28.4 Å². The molecule has 0 unspecified atom stereocenters. The molecule has 0 atom stereocenters. The van der Waals surface area contributed by atoms with E-state index in [2.05, 4.69) is 10.6 Å². The Hall–Kier alpha value is -8.04. The van der Waals surface area contributed by atoms with Gasteiger partial charge >= 0.3 is 5.69 Å². The van der Waals surface area contributed by atoms with Gasteiger partial charge in [0.1, 0.15) is 57.6 Å². The second-order valence-corrected chi connectivity index (χ2v) is 14.3. The van der Waals surface area contributed by atoms with Gasteiger partial charge in [-0.3, -0.25) is 20.2 Å². The number of hydrogen-bond acceptors (Lipinski definition) is 15. The largest absolute Gasteiger partial charge is 0.497 e. The van der Waals surface area contributed by atoms with Crippen molar-refractivity contribution in [2.24, 2.45) is 5.73 Å². The number of anilines is 3. The summed E-state index contributed by atoms with van der Waals surface area (Å²) in [6, 6.07) is 25.9. The van der Waals surface area contributed by atoms with E-state index >= 15 is 0 Å². The van der Waals surface area contributed by atoms with Gasteiger partial charge in [0.05, 0.1) is 63.9 Å². The van der Waals surface area contributed by atoms with Crippen molar-refractivity contribution in [3.8, 4) is 34.5 Å². The Kier molecular flexibility index (Phi) is 23.8. The minimum atomic E-state index is -1.16. The molecule has 0 amide bonds. The van der Waals surface area contributed by atoms with Crippen molar-refractivity contribution < 1.29 is 60.6 Å². The summed E-state index contributed by atoms with van der Waals surface area (Å²) in [5.74, 6) is 1.33. The molecule has 0 aliphatic carbocycles. The minimum absolute atomic E-state index is 0.114. The van der Waals surface area contributed by atoms with E-state index in [0.29, 0.717) is 47.8 Å². The van der Waals surface area contributed by atoms with Gasteiger partial charge in [-0.2, -0.15) is 4.39 Å². The summed E-state index contributed by atoms with van der Waals surface area (Å²) >= 11 is 0. The van der Waals surface area contributed by atoms with Gasteiger partial charge in [-0.15, -0.1) is 0 Å². The zero-order valence-electron chi connectivity index (χ0n) is 39.4. The fraction of sp³-hybridized carbons (Fsp3) is 0.265. The Morgan fingerprint density at radius 3 is 1.33 bits per heavy atom. The fourth-order valence-electron chi connectivity index (χ4n) is 6.03. The highest BCUT2D eigenvalue weighted by Gasteiger charge is 2.16. The van der Waals surface area contributed by atoms with Gasteiger partial charge in [-0.05, 0) is 73.5 Å². The maximum absolute atomic E-state index is 13.3. The summed E-state index contributed by atoms with van der Waals surface area (Å²) in [6.07, 6.45) is 2.56. The van der Waals surface area contributed by atoms with Gasteiger partial charge < -0.3 is 55.3 Å². The number of halogens is 4. The summed E-state index contributed by atoms with van der Waals surface area (Å²) in [7, 11) is 9.49. The number of nitrogens with one attached hydrogen (secondary N) is 2. The van der Waals surface area contributed by atoms with E-state index in [1.165, 1.54) is 38.2 Å². The number of ether oxygens (including phenoxy) is 7. The van der Waals surface area contributed by atoms with Crippen LogP contribution in [0.2, 0.25) is 0 Å². The molecule has 0 aromatic heterocycles. The first-order chi connectivity index (χ1) is 33.6. The molecule has 0 radical (unpaired) electrons. The standard InChI is InChI=1S/C15H15FN2O4.C15H17FN2O2.C9H13NO2.C6H3F2NO2.C4H8O/c1-21-12-5-3-10(15(8-12)22-2)9-17-13-7-11(16)4-6-14(13)18(19)20;1-19-12-5-3-10(15(8-12)20-2)9-18-14-7-11(16)4-6-13(14)17;1-11-8-4-3-7(6-10)9(5-8)12-2;7-4-1-2-6(9(10)11)5(8)3-4;1-2-4-5-3-1/h3-8,17H,9H2,1-2H3;3-8,18H,9,17H2,1-2H3;3-5H,6,10H2,1-2H3;1-3H;1-4H2. The first-order valence-corrected chi connectivity index (χ1v) is 21.1. The normalized spacial score (nSPS) is 11.0. The molecule has 0 saturated carbocycles. The van der Waals surface area contributed by atoms with Crippen molar-refractivity contribution in [3.05, 3.63) is 169 Å². The number of rotatable bonds is 15. The van der Waals surface area contributed by atoms with Crippen LogP contribution >= 0.6 is 0 Å². The number of nitro groups is 2. The van der Waals surface area contributed by atoms with Crippen molar-refractivity contribution in [1.82, 2.24) is 0 Å². The molecule has 1 fully saturated rings. The lowest BCUT2D eigenvalue weighted by Gasteiger charge is -2.13. The lowest BCUT2D eigenvalue weighted by molar-refractivity contribution is -0.387. The zero-order chi connectivity index (χ0) is 51.6. The van der Waals surface area contributed by atoms with E-state index in [1.807, 2.05) is 30.3 Å². The third-order valence-corrected chi connectivity index (χ3v) is 9.75. The predicted molar refractivity (Wildman–Crippen MR) is 258 cm³/mol. The first kappa shape index (κ1) is 56.3. The molecule has 1 aliphatic rings. The van der Waals surface area contributed by atoms with Gasteiger partial charge in [0.2, 0.25) is 5.82 Å². The molecule has 376 valence electrons. The maximum Gasteiger partial charge on any atom is 0.304 e. The highest BCUT2D eigenvalue weighted by Crippen LogP contribution is 2.30. The Labute approximate surface area is 402 Å². The summed E-state index contributed by atoms with van der Waals surface area (Å²) < 4.78 is 86.9. The Morgan fingerprint density at radius 2 is 0.929 bits per heavy atom. The van der Waals surface area contributed by atoms with E-state index < -0.39 is 33.0 Å². The number of nitro benzene ring substituents is 2. The van der Waals surface area contributed by atoms with Gasteiger partial charge in [0, 0.05) is 92.0 Å². The molecule has 17 nitrogen and oxygen atoms in total. The average molecular weight is 981 g/mol. The van der Waals surface area contributed by atoms with Crippen LogP contribution in [0.4, 0.5) is 46.0 Å². The van der Waals surface area contributed by atoms with Crippen LogP contribution in [0.15, 0.2) is 109 Å². The smallest absolute Gasteiger partial charge is 0.304 e. The molecular weight excluding hydrogens is 925 g/mol. The fourth-order valence-corrected chi connectivity index (χ4v) is 6.03. The van der Waals surface area contributed by atoms with Gasteiger partial charge in [0.15, 0.2) is 0 Å². The van der Waals surface area contributed by atoms with Crippen LogP contribution in [-0.4, -0.2) is 65.7 Å². The number of nitrogens with zero attached hydrogens (tertiary/aromatic N) is 2. The summed E-state index contributed by atoms with van der Waals surface area (Å²) in [4.78, 5) is 19.5. The molecular formula is C49H56F4N6O11. The van der Waals surface area contributed by atoms with Crippen molar-refractivity contribution in [2.75, 3.05) is 72.2 Å². The van der Waals surface area contributed by atoms with Gasteiger partial charge in [0.25, 0.3) is 5.69 Å². The number of hydrogen-bond donors (Lipinski definition) is 4. The van der Waals surface area contributed by atoms with E-state index in [-0.39, 0.29) is 23.7 Å². The van der Waals surface area contributed by atoms with Crippen molar-refractivity contribution in [1.29, 1.82) is 0 Å². The van der Waals surface area contributed by atoms with Crippen LogP contribution in [-0.2, 0) is 24.4 Å². The number of nitrogens with two attached hydrogens (primary N) is 2. The second-order valence-electron chi connectivity index (χ2n) is 14.3. The number of methoxy groups -OCH3 is 6. The third-order valence-electron chi connectivity index (χ3n) is 9.75. The Morgan fingerprint density at radius 1 is 0.529 bits per heavy atom. The van der Waals surface area contributed by atoms with Crippen molar-refractivity contribution in [2.45, 2.75) is 32.5 Å². The topological polar surface area (TPSA) is 227 Å². The van der Waals surface area contributed by atoms with E-state index in [1.54, 1.807) is 59.8 Å². The van der Waals surface area contributed by atoms with E-state index in [0.717, 1.165) is 77.5 Å². The molecule has 6 aromatic rings. The molecule has 21 heteroatoms. The molecule has 0 spiro atoms. The van der Waals surface area contributed by atoms with Crippen LogP contribution in [0, 0.1) is 43.5 Å². The van der Waals surface area contributed by atoms with Crippen LogP contribution in [0.5, 0.6) is 34.5 Å². The summed E-state index contributed by atoms with van der Waals surface area (Å²) in [5, 5.41) is 26.9. The van der Waals surface area contributed by atoms with Gasteiger partial charge in [-0.1, -0.05) is 6.07 Å². The maximum atomic E-state index is 13.3. The van der Waals surface area contributed by atoms with E-state index in [4.69, 9.17) is 44.6 Å². The molecule has 0 bridgehead atoms. The highest BCUT2D eigenvalue weighted by molar-refractivity contribution is 5.66. The Balaban J connectivity index is 0.000000246. The molecule has 1 saturated heterocycles. The monoisotopic (exact) mass is 980 g/mol. The number of nitrogen functional groups attached to an aromatic ring is 1. The molecule has 7 rings (SSSR count). The second kappa shape index (κ2) is 29.7.